The minimum atomic E-state index is -0.509. The number of benzene rings is 2. The summed E-state index contributed by atoms with van der Waals surface area (Å²) in [5, 5.41) is 19.3. The largest absolute Gasteiger partial charge is 0.497 e. The summed E-state index contributed by atoms with van der Waals surface area (Å²) in [4.78, 5) is 12.9. The molecule has 3 heterocycles. The van der Waals surface area contributed by atoms with Crippen LogP contribution in [0, 0.1) is 6.92 Å². The van der Waals surface area contributed by atoms with E-state index in [0.717, 1.165) is 57.2 Å². The van der Waals surface area contributed by atoms with Crippen LogP contribution in [0.15, 0.2) is 42.5 Å². The molecule has 8 heteroatoms. The van der Waals surface area contributed by atoms with E-state index in [2.05, 4.69) is 44.1 Å². The number of nitrogens with one attached hydrogen (secondary N) is 3. The normalized spacial score (nSPS) is 21.4. The van der Waals surface area contributed by atoms with Crippen molar-refractivity contribution in [3.63, 3.8) is 0 Å². The molecule has 31 heavy (non-hydrogen) atoms. The minimum Gasteiger partial charge on any atom is -0.497 e. The third-order valence-corrected chi connectivity index (χ3v) is 6.56. The van der Waals surface area contributed by atoms with E-state index >= 15 is 0 Å². The Labute approximate surface area is 178 Å². The van der Waals surface area contributed by atoms with E-state index < -0.39 is 5.41 Å². The lowest BCUT2D eigenvalue weighted by Crippen LogP contribution is -2.21. The number of H-pyrrole nitrogens is 1. The van der Waals surface area contributed by atoms with Crippen LogP contribution in [-0.2, 0) is 17.3 Å². The number of methoxy groups -OCH3 is 1. The highest BCUT2D eigenvalue weighted by molar-refractivity contribution is 6.10. The summed E-state index contributed by atoms with van der Waals surface area (Å²) < 4.78 is 7.18. The van der Waals surface area contributed by atoms with Crippen molar-refractivity contribution in [1.82, 2.24) is 20.0 Å². The second-order valence-electron chi connectivity index (χ2n) is 8.39. The van der Waals surface area contributed by atoms with Gasteiger partial charge in [0.15, 0.2) is 5.82 Å². The predicted octanol–water partition coefficient (Wildman–Crippen LogP) is 3.73. The van der Waals surface area contributed by atoms with Crippen LogP contribution >= 0.6 is 0 Å². The second-order valence-corrected chi connectivity index (χ2v) is 8.39. The van der Waals surface area contributed by atoms with E-state index in [1.807, 2.05) is 38.2 Å². The van der Waals surface area contributed by atoms with Crippen molar-refractivity contribution < 1.29 is 9.53 Å². The van der Waals surface area contributed by atoms with Crippen molar-refractivity contribution in [3.8, 4) is 5.75 Å². The van der Waals surface area contributed by atoms with Gasteiger partial charge in [0.2, 0.25) is 5.91 Å². The summed E-state index contributed by atoms with van der Waals surface area (Å²) in [6.45, 7) is 1.96. The van der Waals surface area contributed by atoms with Crippen LogP contribution in [0.25, 0.3) is 10.9 Å². The van der Waals surface area contributed by atoms with Crippen molar-refractivity contribution in [1.29, 1.82) is 0 Å². The first-order valence-corrected chi connectivity index (χ1v) is 10.3. The quantitative estimate of drug-likeness (QED) is 0.473. The molecule has 3 N–H and O–H groups in total. The van der Waals surface area contributed by atoms with Crippen molar-refractivity contribution in [3.05, 3.63) is 59.3 Å². The highest BCUT2D eigenvalue weighted by Gasteiger charge is 2.65. The number of carbonyl (C=O) groups excluding carboxylic acids is 1. The van der Waals surface area contributed by atoms with Crippen molar-refractivity contribution in [2.75, 3.05) is 17.7 Å². The van der Waals surface area contributed by atoms with Gasteiger partial charge in [0.1, 0.15) is 11.6 Å². The fraction of sp³-hybridized carbons (Fsp3) is 0.261. The summed E-state index contributed by atoms with van der Waals surface area (Å²) in [7, 11) is 3.54. The summed E-state index contributed by atoms with van der Waals surface area (Å²) in [6.07, 6.45) is 0.790. The molecule has 156 valence electrons. The van der Waals surface area contributed by atoms with Crippen molar-refractivity contribution >= 4 is 34.1 Å². The average molecular weight is 414 g/mol. The van der Waals surface area contributed by atoms with Gasteiger partial charge in [0, 0.05) is 30.1 Å². The van der Waals surface area contributed by atoms with Crippen molar-refractivity contribution in [2.24, 2.45) is 7.05 Å². The highest BCUT2D eigenvalue weighted by Crippen LogP contribution is 2.65. The number of aromatic nitrogens is 4. The van der Waals surface area contributed by atoms with Crippen LogP contribution in [0.2, 0.25) is 0 Å². The molecule has 2 aromatic carbocycles. The fourth-order valence-corrected chi connectivity index (χ4v) is 4.90. The molecule has 0 unspecified atom stereocenters. The zero-order chi connectivity index (χ0) is 21.3. The van der Waals surface area contributed by atoms with Gasteiger partial charge in [0.25, 0.3) is 0 Å². The van der Waals surface area contributed by atoms with Crippen LogP contribution in [0.4, 0.5) is 17.3 Å². The van der Waals surface area contributed by atoms with Crippen LogP contribution in [0.1, 0.15) is 29.2 Å². The predicted molar refractivity (Wildman–Crippen MR) is 118 cm³/mol. The number of amides is 1. The summed E-state index contributed by atoms with van der Waals surface area (Å²) >= 11 is 0. The zero-order valence-corrected chi connectivity index (χ0v) is 17.5. The molecule has 4 aromatic rings. The Balaban J connectivity index is 1.34. The van der Waals surface area contributed by atoms with Crippen LogP contribution in [0.3, 0.4) is 0 Å². The molecule has 8 nitrogen and oxygen atoms in total. The number of hydrogen-bond donors (Lipinski definition) is 3. The first-order chi connectivity index (χ1) is 15.0. The van der Waals surface area contributed by atoms with E-state index in [-0.39, 0.29) is 11.8 Å². The Morgan fingerprint density at radius 1 is 1.23 bits per heavy atom. The fourth-order valence-electron chi connectivity index (χ4n) is 4.90. The Kier molecular flexibility index (Phi) is 3.54. The van der Waals surface area contributed by atoms with Crippen molar-refractivity contribution in [2.45, 2.75) is 24.7 Å². The maximum atomic E-state index is 12.9. The maximum absolute atomic E-state index is 12.9. The first kappa shape index (κ1) is 18.0. The van der Waals surface area contributed by atoms with E-state index in [1.54, 1.807) is 11.8 Å². The molecule has 0 bridgehead atoms. The molecule has 1 spiro atoms. The molecule has 1 saturated carbocycles. The van der Waals surface area contributed by atoms with Crippen LogP contribution in [0.5, 0.6) is 5.75 Å². The van der Waals surface area contributed by atoms with Gasteiger partial charge in [-0.1, -0.05) is 6.07 Å². The molecule has 0 saturated heterocycles. The number of nitrogens with zero attached hydrogens (tertiary/aromatic N) is 3. The van der Waals surface area contributed by atoms with E-state index in [0.29, 0.717) is 0 Å². The second kappa shape index (κ2) is 6.10. The van der Waals surface area contributed by atoms with Gasteiger partial charge >= 0.3 is 0 Å². The van der Waals surface area contributed by atoms with E-state index in [4.69, 9.17) is 4.74 Å². The molecule has 2 aromatic heterocycles. The molecule has 1 fully saturated rings. The minimum absolute atomic E-state index is 0.0689. The number of carbonyl (C=O) groups is 1. The molecule has 0 radical (unpaired) electrons. The molecule has 2 aliphatic rings. The number of rotatable bonds is 4. The van der Waals surface area contributed by atoms with E-state index in [9.17, 15) is 4.79 Å². The van der Waals surface area contributed by atoms with Crippen LogP contribution in [-0.4, -0.2) is 33.0 Å². The first-order valence-electron chi connectivity index (χ1n) is 10.3. The van der Waals surface area contributed by atoms with Gasteiger partial charge in [-0.15, -0.1) is 0 Å². The summed E-state index contributed by atoms with van der Waals surface area (Å²) in [5.74, 6) is 2.60. The van der Waals surface area contributed by atoms with Gasteiger partial charge in [-0.05, 0) is 54.8 Å². The lowest BCUT2D eigenvalue weighted by atomic mass is 9.91. The Morgan fingerprint density at radius 3 is 2.87 bits per heavy atom. The zero-order valence-electron chi connectivity index (χ0n) is 17.5. The molecule has 6 rings (SSSR count). The SMILES string of the molecule is COc1ccc2c(c1)[C@]1(C[C@H]1c1ccc3c(Nc4cc(C)nn4C)n[nH]c3c1)C(=O)N2. The van der Waals surface area contributed by atoms with Gasteiger partial charge < -0.3 is 15.4 Å². The standard InChI is InChI=1S/C23H22N6O2/c1-12-8-20(29(2)28-12)25-21-15-6-4-13(9-19(15)26-27-21)17-11-23(17)16-10-14(31-3)5-7-18(16)24-22(23)30/h4-10,17H,11H2,1-3H3,(H,24,30)(H2,25,26,27)/t17-,23-/m0/s1. The summed E-state index contributed by atoms with van der Waals surface area (Å²) in [6, 6.07) is 14.0. The molecule has 1 aliphatic carbocycles. The number of hydrogen-bond acceptors (Lipinski definition) is 5. The smallest absolute Gasteiger partial charge is 0.235 e. The molecule has 1 amide bonds. The number of fused-ring (bicyclic) bond motifs is 3. The molecule has 1 aliphatic heterocycles. The Morgan fingerprint density at radius 2 is 2.10 bits per heavy atom. The van der Waals surface area contributed by atoms with Gasteiger partial charge in [0.05, 0.1) is 23.7 Å². The van der Waals surface area contributed by atoms with E-state index in [1.165, 1.54) is 0 Å². The summed E-state index contributed by atoms with van der Waals surface area (Å²) in [5.41, 5.74) is 4.41. The number of aryl methyl sites for hydroxylation is 2. The molecular weight excluding hydrogens is 392 g/mol. The molecular formula is C23H22N6O2. The topological polar surface area (TPSA) is 96.9 Å². The van der Waals surface area contributed by atoms with Gasteiger partial charge in [-0.25, -0.2) is 0 Å². The lowest BCUT2D eigenvalue weighted by Gasteiger charge is -2.10. The Bertz CT molecular complexity index is 1370. The average Bonchev–Trinajstić information content (AvgIpc) is 3.15. The number of anilines is 3. The van der Waals surface area contributed by atoms with Crippen LogP contribution < -0.4 is 15.4 Å². The number of aromatic amines is 1. The van der Waals surface area contributed by atoms with Gasteiger partial charge in [-0.3, -0.25) is 14.6 Å². The monoisotopic (exact) mass is 414 g/mol. The third-order valence-electron chi connectivity index (χ3n) is 6.56. The van der Waals surface area contributed by atoms with Gasteiger partial charge in [-0.2, -0.15) is 10.2 Å². The lowest BCUT2D eigenvalue weighted by molar-refractivity contribution is -0.118. The Hall–Kier alpha value is -3.81. The highest BCUT2D eigenvalue weighted by atomic mass is 16.5. The molecule has 2 atom stereocenters. The number of ether oxygens (including phenoxy) is 1. The third kappa shape index (κ3) is 2.51. The maximum Gasteiger partial charge on any atom is 0.235 e.